The summed E-state index contributed by atoms with van der Waals surface area (Å²) >= 11 is 0. The third-order valence-electron chi connectivity index (χ3n) is 4.26. The van der Waals surface area contributed by atoms with Crippen LogP contribution in [0.5, 0.6) is 0 Å². The molecule has 1 amide bonds. The first-order valence-corrected chi connectivity index (χ1v) is 7.93. The Morgan fingerprint density at radius 3 is 2.58 bits per heavy atom. The van der Waals surface area contributed by atoms with Crippen molar-refractivity contribution in [1.82, 2.24) is 10.6 Å². The Kier molecular flexibility index (Phi) is 6.65. The molecule has 2 rings (SSSR count). The van der Waals surface area contributed by atoms with Gasteiger partial charge in [-0.15, -0.1) is 0 Å². The van der Waals surface area contributed by atoms with Crippen molar-refractivity contribution in [2.24, 2.45) is 5.92 Å². The van der Waals surface area contributed by atoms with E-state index >= 15 is 0 Å². The van der Waals surface area contributed by atoms with Gasteiger partial charge in [0, 0.05) is 13.0 Å². The highest BCUT2D eigenvalue weighted by molar-refractivity contribution is 5.76. The third-order valence-corrected chi connectivity index (χ3v) is 4.26. The fourth-order valence-electron chi connectivity index (χ4n) is 3.10. The maximum atomic E-state index is 11.8. The fourth-order valence-corrected chi connectivity index (χ4v) is 3.10. The van der Waals surface area contributed by atoms with Gasteiger partial charge in [-0.25, -0.2) is 0 Å². The van der Waals surface area contributed by atoms with Crippen LogP contribution >= 0.6 is 0 Å². The second-order valence-corrected chi connectivity index (χ2v) is 5.88. The standard InChI is InChI=1S/C15H28N2O2/c18-15(12-13-4-2-1-3-5-13)17-10-11-19-14-6-8-16-9-7-14/h13-14,16H,1-12H2,(H,17,18). The Labute approximate surface area is 116 Å². The highest BCUT2D eigenvalue weighted by Crippen LogP contribution is 2.25. The van der Waals surface area contributed by atoms with E-state index in [0.29, 0.717) is 31.6 Å². The molecule has 1 saturated carbocycles. The zero-order valence-electron chi connectivity index (χ0n) is 12.0. The third kappa shape index (κ3) is 5.91. The number of nitrogens with one attached hydrogen (secondary N) is 2. The zero-order valence-corrected chi connectivity index (χ0v) is 12.0. The molecule has 110 valence electrons. The lowest BCUT2D eigenvalue weighted by molar-refractivity contribution is -0.122. The fraction of sp³-hybridized carbons (Fsp3) is 0.933. The van der Waals surface area contributed by atoms with E-state index in [1.807, 2.05) is 0 Å². The molecule has 0 radical (unpaired) electrons. The summed E-state index contributed by atoms with van der Waals surface area (Å²) in [5.74, 6) is 0.833. The molecule has 1 aliphatic carbocycles. The van der Waals surface area contributed by atoms with Crippen molar-refractivity contribution in [1.29, 1.82) is 0 Å². The molecule has 2 aliphatic rings. The van der Waals surface area contributed by atoms with Crippen molar-refractivity contribution < 1.29 is 9.53 Å². The van der Waals surface area contributed by atoms with Crippen LogP contribution in [0.15, 0.2) is 0 Å². The normalized spacial score (nSPS) is 22.3. The van der Waals surface area contributed by atoms with Crippen molar-refractivity contribution in [2.75, 3.05) is 26.2 Å². The van der Waals surface area contributed by atoms with E-state index in [9.17, 15) is 4.79 Å². The molecule has 0 aromatic heterocycles. The van der Waals surface area contributed by atoms with Crippen LogP contribution in [0, 0.1) is 5.92 Å². The average Bonchev–Trinajstić information content (AvgIpc) is 2.46. The van der Waals surface area contributed by atoms with Crippen LogP contribution in [0.25, 0.3) is 0 Å². The molecule has 1 saturated heterocycles. The van der Waals surface area contributed by atoms with Crippen LogP contribution in [-0.4, -0.2) is 38.3 Å². The quantitative estimate of drug-likeness (QED) is 0.723. The summed E-state index contributed by atoms with van der Waals surface area (Å²) in [4.78, 5) is 11.8. The number of piperidine rings is 1. The number of carbonyl (C=O) groups excluding carboxylic acids is 1. The topological polar surface area (TPSA) is 50.4 Å². The van der Waals surface area contributed by atoms with Gasteiger partial charge in [-0.3, -0.25) is 4.79 Å². The molecule has 0 spiro atoms. The Bertz CT molecular complexity index is 259. The van der Waals surface area contributed by atoms with E-state index in [1.54, 1.807) is 0 Å². The van der Waals surface area contributed by atoms with E-state index < -0.39 is 0 Å². The largest absolute Gasteiger partial charge is 0.376 e. The van der Waals surface area contributed by atoms with Crippen LogP contribution in [-0.2, 0) is 9.53 Å². The SMILES string of the molecule is O=C(CC1CCCCC1)NCCOC1CCNCC1. The van der Waals surface area contributed by atoms with Gasteiger partial charge in [0.1, 0.15) is 0 Å². The molecule has 2 N–H and O–H groups in total. The average molecular weight is 268 g/mol. The first kappa shape index (κ1) is 14.8. The number of hydrogen-bond acceptors (Lipinski definition) is 3. The van der Waals surface area contributed by atoms with E-state index in [1.165, 1.54) is 32.1 Å². The zero-order chi connectivity index (χ0) is 13.3. The lowest BCUT2D eigenvalue weighted by atomic mass is 9.87. The summed E-state index contributed by atoms with van der Waals surface area (Å²) in [5.41, 5.74) is 0. The molecular weight excluding hydrogens is 240 g/mol. The van der Waals surface area contributed by atoms with Crippen molar-refractivity contribution in [3.05, 3.63) is 0 Å². The Morgan fingerprint density at radius 1 is 1.11 bits per heavy atom. The Hall–Kier alpha value is -0.610. The summed E-state index contributed by atoms with van der Waals surface area (Å²) in [6, 6.07) is 0. The van der Waals surface area contributed by atoms with Crippen LogP contribution in [0.1, 0.15) is 51.4 Å². The van der Waals surface area contributed by atoms with Crippen LogP contribution < -0.4 is 10.6 Å². The van der Waals surface area contributed by atoms with Gasteiger partial charge in [-0.1, -0.05) is 19.3 Å². The van der Waals surface area contributed by atoms with Crippen LogP contribution in [0.4, 0.5) is 0 Å². The smallest absolute Gasteiger partial charge is 0.220 e. The van der Waals surface area contributed by atoms with E-state index in [0.717, 1.165) is 25.9 Å². The van der Waals surface area contributed by atoms with Gasteiger partial charge in [-0.2, -0.15) is 0 Å². The van der Waals surface area contributed by atoms with Crippen molar-refractivity contribution in [2.45, 2.75) is 57.5 Å². The highest BCUT2D eigenvalue weighted by atomic mass is 16.5. The summed E-state index contributed by atoms with van der Waals surface area (Å²) in [7, 11) is 0. The molecule has 0 bridgehead atoms. The predicted molar refractivity (Wildman–Crippen MR) is 76.0 cm³/mol. The molecule has 4 heteroatoms. The number of hydrogen-bond donors (Lipinski definition) is 2. The first-order chi connectivity index (χ1) is 9.34. The molecule has 0 aromatic rings. The minimum Gasteiger partial charge on any atom is -0.376 e. The van der Waals surface area contributed by atoms with Gasteiger partial charge in [0.15, 0.2) is 0 Å². The summed E-state index contributed by atoms with van der Waals surface area (Å²) < 4.78 is 5.77. The van der Waals surface area contributed by atoms with E-state index in [2.05, 4.69) is 10.6 Å². The van der Waals surface area contributed by atoms with Gasteiger partial charge in [0.25, 0.3) is 0 Å². The summed E-state index contributed by atoms with van der Waals surface area (Å²) in [6.07, 6.45) is 9.71. The first-order valence-electron chi connectivity index (χ1n) is 7.93. The van der Waals surface area contributed by atoms with Crippen molar-refractivity contribution in [3.8, 4) is 0 Å². The predicted octanol–water partition coefficient (Wildman–Crippen LogP) is 1.84. The maximum absolute atomic E-state index is 11.8. The Balaban J connectivity index is 1.48. The van der Waals surface area contributed by atoms with Crippen LogP contribution in [0.2, 0.25) is 0 Å². The molecule has 2 fully saturated rings. The Morgan fingerprint density at radius 2 is 1.84 bits per heavy atom. The maximum Gasteiger partial charge on any atom is 0.220 e. The van der Waals surface area contributed by atoms with Crippen molar-refractivity contribution in [3.63, 3.8) is 0 Å². The van der Waals surface area contributed by atoms with Gasteiger partial charge < -0.3 is 15.4 Å². The number of rotatable bonds is 6. The monoisotopic (exact) mass is 268 g/mol. The molecule has 0 aromatic carbocycles. The molecule has 0 atom stereocenters. The summed E-state index contributed by atoms with van der Waals surface area (Å²) in [6.45, 7) is 3.42. The van der Waals surface area contributed by atoms with Gasteiger partial charge >= 0.3 is 0 Å². The molecular formula is C15H28N2O2. The number of ether oxygens (including phenoxy) is 1. The highest BCUT2D eigenvalue weighted by Gasteiger charge is 2.17. The van der Waals surface area contributed by atoms with Gasteiger partial charge in [-0.05, 0) is 44.7 Å². The second-order valence-electron chi connectivity index (χ2n) is 5.88. The van der Waals surface area contributed by atoms with Crippen molar-refractivity contribution >= 4 is 5.91 Å². The molecule has 1 aliphatic heterocycles. The molecule has 0 unspecified atom stereocenters. The van der Waals surface area contributed by atoms with Crippen LogP contribution in [0.3, 0.4) is 0 Å². The van der Waals surface area contributed by atoms with Gasteiger partial charge in [0.2, 0.25) is 5.91 Å². The molecule has 1 heterocycles. The van der Waals surface area contributed by atoms with E-state index in [4.69, 9.17) is 4.74 Å². The minimum atomic E-state index is 0.209. The molecule has 4 nitrogen and oxygen atoms in total. The number of amides is 1. The van der Waals surface area contributed by atoms with Gasteiger partial charge in [0.05, 0.1) is 12.7 Å². The summed E-state index contributed by atoms with van der Waals surface area (Å²) in [5, 5.41) is 6.31. The number of carbonyl (C=O) groups is 1. The second kappa shape index (κ2) is 8.54. The minimum absolute atomic E-state index is 0.209. The van der Waals surface area contributed by atoms with E-state index in [-0.39, 0.29) is 5.91 Å². The lowest BCUT2D eigenvalue weighted by Crippen LogP contribution is -2.35. The molecule has 19 heavy (non-hydrogen) atoms. The lowest BCUT2D eigenvalue weighted by Gasteiger charge is -2.23.